The standard InChI is InChI=1S/C14H10BrClF3NO/c15-9-2-3-12(10(6-9)14(17,18)19)20-7-8-1-4-13(21)11(16)5-8/h1-6,20-21H,7H2. The first-order valence-electron chi connectivity index (χ1n) is 5.85. The van der Waals surface area contributed by atoms with Crippen LogP contribution in [0.1, 0.15) is 11.1 Å². The molecule has 7 heteroatoms. The largest absolute Gasteiger partial charge is 0.506 e. The molecule has 0 aliphatic heterocycles. The number of anilines is 1. The molecule has 2 aromatic rings. The van der Waals surface area contributed by atoms with Gasteiger partial charge in [0.1, 0.15) is 5.75 Å². The zero-order valence-corrected chi connectivity index (χ0v) is 12.9. The van der Waals surface area contributed by atoms with Crippen molar-refractivity contribution in [2.75, 3.05) is 5.32 Å². The van der Waals surface area contributed by atoms with Crippen LogP contribution in [0.2, 0.25) is 5.02 Å². The first kappa shape index (κ1) is 16.0. The van der Waals surface area contributed by atoms with Crippen LogP contribution in [0.3, 0.4) is 0 Å². The monoisotopic (exact) mass is 379 g/mol. The Kier molecular flexibility index (Phi) is 4.68. The van der Waals surface area contributed by atoms with Gasteiger partial charge in [0.05, 0.1) is 10.6 Å². The highest BCUT2D eigenvalue weighted by atomic mass is 79.9. The quantitative estimate of drug-likeness (QED) is 0.743. The van der Waals surface area contributed by atoms with Crippen LogP contribution in [0.25, 0.3) is 0 Å². The van der Waals surface area contributed by atoms with Crippen LogP contribution >= 0.6 is 27.5 Å². The van der Waals surface area contributed by atoms with Gasteiger partial charge in [0.25, 0.3) is 0 Å². The van der Waals surface area contributed by atoms with Gasteiger partial charge in [-0.2, -0.15) is 13.2 Å². The van der Waals surface area contributed by atoms with Crippen molar-refractivity contribution in [3.05, 3.63) is 57.0 Å². The van der Waals surface area contributed by atoms with Crippen molar-refractivity contribution >= 4 is 33.2 Å². The minimum Gasteiger partial charge on any atom is -0.506 e. The second kappa shape index (κ2) is 6.15. The van der Waals surface area contributed by atoms with E-state index in [4.69, 9.17) is 11.6 Å². The summed E-state index contributed by atoms with van der Waals surface area (Å²) in [5.74, 6) is -0.0694. The zero-order valence-electron chi connectivity index (χ0n) is 10.5. The van der Waals surface area contributed by atoms with E-state index in [0.29, 0.717) is 10.0 Å². The molecule has 0 saturated heterocycles. The smallest absolute Gasteiger partial charge is 0.418 e. The highest BCUT2D eigenvalue weighted by molar-refractivity contribution is 9.10. The number of phenols is 1. The molecule has 2 aromatic carbocycles. The Balaban J connectivity index is 2.22. The van der Waals surface area contributed by atoms with Crippen LogP contribution in [-0.2, 0) is 12.7 Å². The van der Waals surface area contributed by atoms with Gasteiger partial charge >= 0.3 is 6.18 Å². The molecule has 2 nitrogen and oxygen atoms in total. The Bertz CT molecular complexity index is 661. The van der Waals surface area contributed by atoms with E-state index in [1.807, 2.05) is 0 Å². The van der Waals surface area contributed by atoms with Crippen molar-refractivity contribution < 1.29 is 18.3 Å². The van der Waals surface area contributed by atoms with Gasteiger partial charge in [-0.3, -0.25) is 0 Å². The summed E-state index contributed by atoms with van der Waals surface area (Å²) in [5, 5.41) is 12.2. The predicted octanol–water partition coefficient (Wildman–Crippen LogP) is 5.44. The fourth-order valence-corrected chi connectivity index (χ4v) is 2.33. The van der Waals surface area contributed by atoms with Gasteiger partial charge in [0, 0.05) is 16.7 Å². The lowest BCUT2D eigenvalue weighted by molar-refractivity contribution is -0.137. The predicted molar refractivity (Wildman–Crippen MR) is 79.6 cm³/mol. The first-order chi connectivity index (χ1) is 9.77. The first-order valence-corrected chi connectivity index (χ1v) is 7.02. The van der Waals surface area contributed by atoms with E-state index in [1.165, 1.54) is 24.3 Å². The molecule has 21 heavy (non-hydrogen) atoms. The lowest BCUT2D eigenvalue weighted by Crippen LogP contribution is -2.10. The Morgan fingerprint density at radius 3 is 2.48 bits per heavy atom. The maximum atomic E-state index is 13.0. The number of nitrogens with one attached hydrogen (secondary N) is 1. The maximum absolute atomic E-state index is 13.0. The molecule has 2 rings (SSSR count). The van der Waals surface area contributed by atoms with Crippen LogP contribution in [0, 0.1) is 0 Å². The van der Waals surface area contributed by atoms with Gasteiger partial charge in [0.2, 0.25) is 0 Å². The molecule has 0 heterocycles. The summed E-state index contributed by atoms with van der Waals surface area (Å²) >= 11 is 8.79. The highest BCUT2D eigenvalue weighted by Gasteiger charge is 2.33. The number of benzene rings is 2. The molecule has 0 bridgehead atoms. The lowest BCUT2D eigenvalue weighted by atomic mass is 10.1. The molecule has 0 aliphatic rings. The molecule has 0 fully saturated rings. The van der Waals surface area contributed by atoms with Crippen LogP contribution < -0.4 is 5.32 Å². The Labute approximate surface area is 132 Å². The molecule has 0 saturated carbocycles. The van der Waals surface area contributed by atoms with Crippen molar-refractivity contribution in [1.82, 2.24) is 0 Å². The minimum absolute atomic E-state index is 0.0186. The van der Waals surface area contributed by atoms with E-state index >= 15 is 0 Å². The topological polar surface area (TPSA) is 32.3 Å². The number of hydrogen-bond acceptors (Lipinski definition) is 2. The van der Waals surface area contributed by atoms with Crippen LogP contribution in [0.5, 0.6) is 5.75 Å². The number of aromatic hydroxyl groups is 1. The summed E-state index contributed by atoms with van der Waals surface area (Å²) in [6, 6.07) is 8.38. The van der Waals surface area contributed by atoms with Gasteiger partial charge in [-0.1, -0.05) is 33.6 Å². The summed E-state index contributed by atoms with van der Waals surface area (Å²) in [6.45, 7) is 0.157. The highest BCUT2D eigenvalue weighted by Crippen LogP contribution is 2.36. The molecule has 0 spiro atoms. The summed E-state index contributed by atoms with van der Waals surface area (Å²) < 4.78 is 39.2. The SMILES string of the molecule is Oc1ccc(CNc2ccc(Br)cc2C(F)(F)F)cc1Cl. The third-order valence-electron chi connectivity index (χ3n) is 2.78. The molecule has 0 amide bonds. The van der Waals surface area contributed by atoms with Gasteiger partial charge < -0.3 is 10.4 Å². The number of hydrogen-bond donors (Lipinski definition) is 2. The number of phenolic OH excluding ortho intramolecular Hbond substituents is 1. The van der Waals surface area contributed by atoms with Crippen LogP contribution in [-0.4, -0.2) is 5.11 Å². The average molecular weight is 381 g/mol. The fourth-order valence-electron chi connectivity index (χ4n) is 1.76. The average Bonchev–Trinajstić information content (AvgIpc) is 2.40. The summed E-state index contributed by atoms with van der Waals surface area (Å²) in [4.78, 5) is 0. The van der Waals surface area contributed by atoms with E-state index < -0.39 is 11.7 Å². The van der Waals surface area contributed by atoms with Crippen molar-refractivity contribution in [2.24, 2.45) is 0 Å². The van der Waals surface area contributed by atoms with Gasteiger partial charge in [-0.15, -0.1) is 0 Å². The van der Waals surface area contributed by atoms with E-state index in [0.717, 1.165) is 6.07 Å². The van der Waals surface area contributed by atoms with Crippen molar-refractivity contribution in [3.63, 3.8) is 0 Å². The molecule has 0 atom stereocenters. The Morgan fingerprint density at radius 1 is 1.14 bits per heavy atom. The summed E-state index contributed by atoms with van der Waals surface area (Å²) in [5.41, 5.74) is -0.106. The van der Waals surface area contributed by atoms with E-state index in [2.05, 4.69) is 21.2 Å². The summed E-state index contributed by atoms with van der Waals surface area (Å²) in [7, 11) is 0. The molecule has 0 aliphatic carbocycles. The lowest BCUT2D eigenvalue weighted by Gasteiger charge is -2.15. The Morgan fingerprint density at radius 2 is 1.86 bits per heavy atom. The molecule has 0 unspecified atom stereocenters. The zero-order chi connectivity index (χ0) is 15.6. The van der Waals surface area contributed by atoms with Crippen LogP contribution in [0.15, 0.2) is 40.9 Å². The maximum Gasteiger partial charge on any atom is 0.418 e. The number of halogens is 5. The Hall–Kier alpha value is -1.40. The van der Waals surface area contributed by atoms with Gasteiger partial charge in [-0.05, 0) is 35.9 Å². The van der Waals surface area contributed by atoms with E-state index in [9.17, 15) is 18.3 Å². The van der Waals surface area contributed by atoms with E-state index in [-0.39, 0.29) is 23.0 Å². The second-order valence-corrected chi connectivity index (χ2v) is 5.65. The third kappa shape index (κ3) is 4.04. The number of alkyl halides is 3. The van der Waals surface area contributed by atoms with Crippen molar-refractivity contribution in [1.29, 1.82) is 0 Å². The normalized spacial score (nSPS) is 11.5. The minimum atomic E-state index is -4.45. The second-order valence-electron chi connectivity index (χ2n) is 4.33. The molecule has 2 N–H and O–H groups in total. The summed E-state index contributed by atoms with van der Waals surface area (Å²) in [6.07, 6.45) is -4.45. The van der Waals surface area contributed by atoms with Crippen LogP contribution in [0.4, 0.5) is 18.9 Å². The fraction of sp³-hybridized carbons (Fsp3) is 0.143. The molecule has 0 aromatic heterocycles. The third-order valence-corrected chi connectivity index (χ3v) is 3.58. The van der Waals surface area contributed by atoms with Crippen molar-refractivity contribution in [2.45, 2.75) is 12.7 Å². The molecular formula is C14H10BrClF3NO. The number of rotatable bonds is 3. The molecular weight excluding hydrogens is 371 g/mol. The molecule has 0 radical (unpaired) electrons. The van der Waals surface area contributed by atoms with Gasteiger partial charge in [0.15, 0.2) is 0 Å². The van der Waals surface area contributed by atoms with Crippen molar-refractivity contribution in [3.8, 4) is 5.75 Å². The molecule has 112 valence electrons. The van der Waals surface area contributed by atoms with Gasteiger partial charge in [-0.25, -0.2) is 0 Å². The van der Waals surface area contributed by atoms with E-state index in [1.54, 1.807) is 6.07 Å².